The molecule has 2 aromatic carbocycles. The van der Waals surface area contributed by atoms with Crippen LogP contribution in [0.4, 0.5) is 10.5 Å². The van der Waals surface area contributed by atoms with Crippen LogP contribution in [0.3, 0.4) is 0 Å². The average molecular weight is 355 g/mol. The maximum Gasteiger partial charge on any atom is 0.437 e. The molecule has 0 saturated heterocycles. The van der Waals surface area contributed by atoms with E-state index in [2.05, 4.69) is 15.5 Å². The lowest BCUT2D eigenvalue weighted by Gasteiger charge is -2.05. The first-order chi connectivity index (χ1) is 12.1. The number of carbonyl (C=O) groups is 1. The van der Waals surface area contributed by atoms with Gasteiger partial charge in [-0.05, 0) is 48.9 Å². The van der Waals surface area contributed by atoms with E-state index in [0.29, 0.717) is 16.4 Å². The van der Waals surface area contributed by atoms with Gasteiger partial charge in [-0.15, -0.1) is 0 Å². The van der Waals surface area contributed by atoms with Crippen LogP contribution in [-0.2, 0) is 4.84 Å². The van der Waals surface area contributed by atoms with Crippen molar-refractivity contribution >= 4 is 29.1 Å². The Labute approximate surface area is 149 Å². The third-order valence-corrected chi connectivity index (χ3v) is 3.70. The molecule has 126 valence electrons. The van der Waals surface area contributed by atoms with Crippen LogP contribution in [0.2, 0.25) is 5.02 Å². The summed E-state index contributed by atoms with van der Waals surface area (Å²) in [5.41, 5.74) is 2.99. The van der Waals surface area contributed by atoms with Crippen LogP contribution >= 0.6 is 11.6 Å². The summed E-state index contributed by atoms with van der Waals surface area (Å²) >= 11 is 5.79. The topological polar surface area (TPSA) is 68.5 Å². The molecule has 3 aromatic rings. The molecule has 25 heavy (non-hydrogen) atoms. The van der Waals surface area contributed by atoms with Gasteiger partial charge < -0.3 is 4.57 Å². The molecular weight excluding hydrogens is 340 g/mol. The Balaban J connectivity index is 1.61. The molecule has 0 aliphatic rings. The molecule has 0 aliphatic carbocycles. The van der Waals surface area contributed by atoms with E-state index < -0.39 is 6.09 Å². The van der Waals surface area contributed by atoms with Crippen LogP contribution in [0.5, 0.6) is 0 Å². The molecule has 3 rings (SSSR count). The number of hydrogen-bond acceptors (Lipinski definition) is 4. The molecule has 0 spiro atoms. The SMILES string of the molecule is C/C(=N/OC(=O)Nc1ccc(Cl)cc1)c1ccc(-n2ccnc2)cc1. The van der Waals surface area contributed by atoms with E-state index in [1.54, 1.807) is 43.7 Å². The molecule has 0 atom stereocenters. The molecule has 0 radical (unpaired) electrons. The highest BCUT2D eigenvalue weighted by Gasteiger charge is 2.05. The van der Waals surface area contributed by atoms with Crippen molar-refractivity contribution in [1.82, 2.24) is 9.55 Å². The van der Waals surface area contributed by atoms with Crippen molar-refractivity contribution in [3.05, 3.63) is 77.8 Å². The average Bonchev–Trinajstić information content (AvgIpc) is 3.16. The first-order valence-corrected chi connectivity index (χ1v) is 7.86. The second-order valence-electron chi connectivity index (χ2n) is 5.20. The van der Waals surface area contributed by atoms with Gasteiger partial charge in [0.15, 0.2) is 0 Å². The van der Waals surface area contributed by atoms with Crippen LogP contribution in [0.25, 0.3) is 5.69 Å². The molecule has 0 unspecified atom stereocenters. The fourth-order valence-corrected chi connectivity index (χ4v) is 2.25. The Bertz CT molecular complexity index is 872. The molecule has 6 nitrogen and oxygen atoms in total. The predicted molar refractivity (Wildman–Crippen MR) is 97.3 cm³/mol. The van der Waals surface area contributed by atoms with Gasteiger partial charge in [0.05, 0.1) is 12.0 Å². The molecule has 1 heterocycles. The van der Waals surface area contributed by atoms with Crippen molar-refractivity contribution in [3.63, 3.8) is 0 Å². The number of imidazole rings is 1. The lowest BCUT2D eigenvalue weighted by atomic mass is 10.1. The second-order valence-corrected chi connectivity index (χ2v) is 5.64. The zero-order valence-corrected chi connectivity index (χ0v) is 14.1. The lowest BCUT2D eigenvalue weighted by molar-refractivity contribution is 0.166. The smallest absolute Gasteiger partial charge is 0.306 e. The number of hydrogen-bond donors (Lipinski definition) is 1. The Morgan fingerprint density at radius 3 is 2.52 bits per heavy atom. The van der Waals surface area contributed by atoms with Gasteiger partial charge in [-0.25, -0.2) is 9.78 Å². The Morgan fingerprint density at radius 2 is 1.88 bits per heavy atom. The van der Waals surface area contributed by atoms with E-state index in [9.17, 15) is 4.79 Å². The molecule has 0 aliphatic heterocycles. The number of halogens is 1. The van der Waals surface area contributed by atoms with Crippen LogP contribution in [0.15, 0.2) is 72.4 Å². The van der Waals surface area contributed by atoms with Crippen LogP contribution < -0.4 is 5.32 Å². The Hall–Kier alpha value is -3.12. The largest absolute Gasteiger partial charge is 0.437 e. The molecular formula is C18H15ClN4O2. The van der Waals surface area contributed by atoms with E-state index in [-0.39, 0.29) is 0 Å². The van der Waals surface area contributed by atoms with Gasteiger partial charge in [0.1, 0.15) is 0 Å². The minimum atomic E-state index is -0.670. The van der Waals surface area contributed by atoms with Gasteiger partial charge in [-0.3, -0.25) is 10.2 Å². The van der Waals surface area contributed by atoms with Crippen molar-refractivity contribution in [2.45, 2.75) is 6.92 Å². The number of nitrogens with zero attached hydrogens (tertiary/aromatic N) is 3. The molecule has 0 fully saturated rings. The van der Waals surface area contributed by atoms with Crippen molar-refractivity contribution in [2.24, 2.45) is 5.16 Å². The number of benzene rings is 2. The van der Waals surface area contributed by atoms with E-state index in [1.807, 2.05) is 35.0 Å². The Morgan fingerprint density at radius 1 is 1.16 bits per heavy atom. The van der Waals surface area contributed by atoms with Gasteiger partial charge in [-0.1, -0.05) is 28.9 Å². The second kappa shape index (κ2) is 7.63. The fourth-order valence-electron chi connectivity index (χ4n) is 2.12. The fraction of sp³-hybridized carbons (Fsp3) is 0.0556. The number of aromatic nitrogens is 2. The molecule has 1 aromatic heterocycles. The summed E-state index contributed by atoms with van der Waals surface area (Å²) in [6, 6.07) is 14.4. The van der Waals surface area contributed by atoms with Crippen molar-refractivity contribution in [2.75, 3.05) is 5.32 Å². The van der Waals surface area contributed by atoms with Gasteiger partial charge >= 0.3 is 6.09 Å². The molecule has 0 bridgehead atoms. The maximum atomic E-state index is 11.8. The van der Waals surface area contributed by atoms with Gasteiger partial charge in [-0.2, -0.15) is 0 Å². The number of carbonyl (C=O) groups excluding carboxylic acids is 1. The summed E-state index contributed by atoms with van der Waals surface area (Å²) in [7, 11) is 0. The highest BCUT2D eigenvalue weighted by atomic mass is 35.5. The van der Waals surface area contributed by atoms with Crippen molar-refractivity contribution in [1.29, 1.82) is 0 Å². The first-order valence-electron chi connectivity index (χ1n) is 7.49. The van der Waals surface area contributed by atoms with Crippen molar-refractivity contribution in [3.8, 4) is 5.69 Å². The maximum absolute atomic E-state index is 11.8. The van der Waals surface area contributed by atoms with Gasteiger partial charge in [0, 0.05) is 28.8 Å². The number of oxime groups is 1. The normalized spacial score (nSPS) is 11.2. The standard InChI is InChI=1S/C18H15ClN4O2/c1-13(14-2-8-17(9-3-14)23-11-10-20-12-23)22-25-18(24)21-16-6-4-15(19)5-7-16/h2-12H,1H3,(H,21,24)/b22-13-. The zero-order chi connectivity index (χ0) is 17.6. The van der Waals surface area contributed by atoms with E-state index >= 15 is 0 Å². The number of nitrogens with one attached hydrogen (secondary N) is 1. The Kier molecular flexibility index (Phi) is 5.11. The van der Waals surface area contributed by atoms with Gasteiger partial charge in [0.25, 0.3) is 0 Å². The lowest BCUT2D eigenvalue weighted by Crippen LogP contribution is -2.11. The quantitative estimate of drug-likeness (QED) is 0.426. The summed E-state index contributed by atoms with van der Waals surface area (Å²) in [6.07, 6.45) is 4.63. The van der Waals surface area contributed by atoms with Gasteiger partial charge in [0.2, 0.25) is 0 Å². The number of rotatable bonds is 4. The molecule has 7 heteroatoms. The van der Waals surface area contributed by atoms with Crippen LogP contribution in [0.1, 0.15) is 12.5 Å². The predicted octanol–water partition coefficient (Wildman–Crippen LogP) is 4.50. The summed E-state index contributed by atoms with van der Waals surface area (Å²) in [6.45, 7) is 1.77. The third kappa shape index (κ3) is 4.45. The molecule has 1 amide bonds. The monoisotopic (exact) mass is 354 g/mol. The summed E-state index contributed by atoms with van der Waals surface area (Å²) < 4.78 is 1.90. The first kappa shape index (κ1) is 16.7. The summed E-state index contributed by atoms with van der Waals surface area (Å²) in [4.78, 5) is 20.7. The van der Waals surface area contributed by atoms with Crippen LogP contribution in [-0.4, -0.2) is 21.4 Å². The summed E-state index contributed by atoms with van der Waals surface area (Å²) in [5, 5.41) is 7.02. The van der Waals surface area contributed by atoms with Crippen molar-refractivity contribution < 1.29 is 9.63 Å². The number of amides is 1. The van der Waals surface area contributed by atoms with E-state index in [4.69, 9.17) is 16.4 Å². The molecule has 1 N–H and O–H groups in total. The zero-order valence-electron chi connectivity index (χ0n) is 13.4. The highest BCUT2D eigenvalue weighted by molar-refractivity contribution is 6.30. The summed E-state index contributed by atoms with van der Waals surface area (Å²) in [5.74, 6) is 0. The third-order valence-electron chi connectivity index (χ3n) is 3.44. The van der Waals surface area contributed by atoms with E-state index in [1.165, 1.54) is 0 Å². The number of anilines is 1. The molecule has 0 saturated carbocycles. The minimum absolute atomic E-state index is 0.576. The highest BCUT2D eigenvalue weighted by Crippen LogP contribution is 2.14. The van der Waals surface area contributed by atoms with Crippen LogP contribution in [0, 0.1) is 0 Å². The minimum Gasteiger partial charge on any atom is -0.306 e. The van der Waals surface area contributed by atoms with E-state index in [0.717, 1.165) is 11.3 Å².